The molecule has 0 spiro atoms. The molecule has 0 aliphatic heterocycles. The number of carbonyl (C=O) groups excluding carboxylic acids is 1. The van der Waals surface area contributed by atoms with Crippen molar-refractivity contribution < 1.29 is 18.7 Å². The number of amides is 1. The Balaban J connectivity index is 1.86. The summed E-state index contributed by atoms with van der Waals surface area (Å²) in [4.78, 5) is 12.6. The van der Waals surface area contributed by atoms with Crippen LogP contribution in [0.3, 0.4) is 0 Å². The zero-order valence-electron chi connectivity index (χ0n) is 17.6. The maximum atomic E-state index is 13.9. The molecule has 33 heavy (non-hydrogen) atoms. The van der Waals surface area contributed by atoms with Gasteiger partial charge in [-0.3, -0.25) is 4.79 Å². The molecule has 0 aromatic heterocycles. The van der Waals surface area contributed by atoms with Crippen LogP contribution in [0.15, 0.2) is 75.2 Å². The van der Waals surface area contributed by atoms with E-state index >= 15 is 0 Å². The minimum atomic E-state index is -0.537. The molecule has 0 atom stereocenters. The molecule has 0 fully saturated rings. The van der Waals surface area contributed by atoms with Gasteiger partial charge >= 0.3 is 0 Å². The molecule has 168 valence electrons. The van der Waals surface area contributed by atoms with Crippen molar-refractivity contribution in [1.82, 2.24) is 0 Å². The minimum Gasteiger partial charge on any atom is -0.490 e. The summed E-state index contributed by atoms with van der Waals surface area (Å²) in [5, 5.41) is 12.2. The van der Waals surface area contributed by atoms with Gasteiger partial charge in [0.15, 0.2) is 11.5 Å². The molecular formula is C25H19Br2FN2O3. The zero-order chi connectivity index (χ0) is 23.8. The number of benzene rings is 3. The van der Waals surface area contributed by atoms with Crippen LogP contribution in [0.2, 0.25) is 0 Å². The highest BCUT2D eigenvalue weighted by Crippen LogP contribution is 2.38. The van der Waals surface area contributed by atoms with E-state index < -0.39 is 5.91 Å². The number of nitrogens with one attached hydrogen (secondary N) is 1. The molecule has 3 aromatic rings. The van der Waals surface area contributed by atoms with E-state index in [1.54, 1.807) is 48.5 Å². The molecule has 5 nitrogen and oxygen atoms in total. The monoisotopic (exact) mass is 572 g/mol. The molecule has 0 unspecified atom stereocenters. The normalized spacial score (nSPS) is 10.9. The summed E-state index contributed by atoms with van der Waals surface area (Å²) in [5.74, 6) is -0.0979. The number of halogens is 3. The van der Waals surface area contributed by atoms with Gasteiger partial charge in [-0.05, 0) is 70.9 Å². The van der Waals surface area contributed by atoms with E-state index in [0.29, 0.717) is 39.4 Å². The number of nitriles is 1. The minimum absolute atomic E-state index is 0.0129. The molecular weight excluding hydrogens is 555 g/mol. The van der Waals surface area contributed by atoms with Crippen LogP contribution in [0, 0.1) is 17.1 Å². The van der Waals surface area contributed by atoms with Gasteiger partial charge in [0.25, 0.3) is 5.91 Å². The molecule has 3 aromatic carbocycles. The molecule has 0 aliphatic rings. The molecule has 0 bridgehead atoms. The highest BCUT2D eigenvalue weighted by Gasteiger charge is 2.15. The molecule has 8 heteroatoms. The van der Waals surface area contributed by atoms with E-state index in [9.17, 15) is 14.4 Å². The Labute approximate surface area is 208 Å². The molecule has 0 heterocycles. The summed E-state index contributed by atoms with van der Waals surface area (Å²) in [6.45, 7) is 2.20. The SMILES string of the molecule is CCOc1cc(/C=C(/C#N)C(=O)Nc2cccc(Br)c2)cc(Br)c1OCc1ccccc1F. The Morgan fingerprint density at radius 3 is 2.61 bits per heavy atom. The third-order valence-corrected chi connectivity index (χ3v) is 5.50. The Morgan fingerprint density at radius 1 is 1.12 bits per heavy atom. The largest absolute Gasteiger partial charge is 0.490 e. The number of hydrogen-bond acceptors (Lipinski definition) is 4. The summed E-state index contributed by atoms with van der Waals surface area (Å²) in [6.07, 6.45) is 1.46. The lowest BCUT2D eigenvalue weighted by atomic mass is 10.1. The second-order valence-electron chi connectivity index (χ2n) is 6.78. The third-order valence-electron chi connectivity index (χ3n) is 4.42. The Kier molecular flexibility index (Phi) is 8.64. The molecule has 1 amide bonds. The smallest absolute Gasteiger partial charge is 0.266 e. The number of ether oxygens (including phenoxy) is 2. The maximum Gasteiger partial charge on any atom is 0.266 e. The lowest BCUT2D eigenvalue weighted by Gasteiger charge is -2.15. The van der Waals surface area contributed by atoms with Gasteiger partial charge in [-0.2, -0.15) is 5.26 Å². The molecule has 1 N–H and O–H groups in total. The fourth-order valence-corrected chi connectivity index (χ4v) is 3.89. The van der Waals surface area contributed by atoms with Gasteiger partial charge in [-0.25, -0.2) is 4.39 Å². The first-order valence-corrected chi connectivity index (χ1v) is 11.5. The standard InChI is InChI=1S/C25H19Br2FN2O3/c1-2-32-23-12-16(10-18(14-29)25(31)30-20-8-5-7-19(26)13-20)11-21(27)24(23)33-15-17-6-3-4-9-22(17)28/h3-13H,2,15H2,1H3,(H,30,31)/b18-10-. The van der Waals surface area contributed by atoms with Crippen molar-refractivity contribution in [3.63, 3.8) is 0 Å². The van der Waals surface area contributed by atoms with Crippen molar-refractivity contribution in [2.45, 2.75) is 13.5 Å². The highest BCUT2D eigenvalue weighted by molar-refractivity contribution is 9.10. The predicted molar refractivity (Wildman–Crippen MR) is 132 cm³/mol. The summed E-state index contributed by atoms with van der Waals surface area (Å²) in [7, 11) is 0. The van der Waals surface area contributed by atoms with Gasteiger partial charge in [0.2, 0.25) is 0 Å². The first kappa shape index (κ1) is 24.5. The van der Waals surface area contributed by atoms with Crippen LogP contribution in [-0.2, 0) is 11.4 Å². The van der Waals surface area contributed by atoms with Crippen LogP contribution in [0.4, 0.5) is 10.1 Å². The van der Waals surface area contributed by atoms with Crippen LogP contribution in [0.1, 0.15) is 18.1 Å². The van der Waals surface area contributed by atoms with E-state index in [-0.39, 0.29) is 18.0 Å². The molecule has 0 aliphatic carbocycles. The Bertz CT molecular complexity index is 1240. The van der Waals surface area contributed by atoms with Gasteiger partial charge in [-0.15, -0.1) is 0 Å². The zero-order valence-corrected chi connectivity index (χ0v) is 20.7. The Hall–Kier alpha value is -3.15. The lowest BCUT2D eigenvalue weighted by Crippen LogP contribution is -2.13. The second-order valence-corrected chi connectivity index (χ2v) is 8.55. The van der Waals surface area contributed by atoms with Crippen LogP contribution >= 0.6 is 31.9 Å². The predicted octanol–water partition coefficient (Wildman–Crippen LogP) is 6.87. The topological polar surface area (TPSA) is 71.3 Å². The number of hydrogen-bond donors (Lipinski definition) is 1. The van der Waals surface area contributed by atoms with Gasteiger partial charge in [0.05, 0.1) is 11.1 Å². The van der Waals surface area contributed by atoms with Crippen molar-refractivity contribution in [1.29, 1.82) is 5.26 Å². The Morgan fingerprint density at radius 2 is 1.91 bits per heavy atom. The molecule has 0 saturated carbocycles. The average Bonchev–Trinajstić information content (AvgIpc) is 2.78. The van der Waals surface area contributed by atoms with E-state index in [1.165, 1.54) is 12.1 Å². The van der Waals surface area contributed by atoms with Crippen LogP contribution < -0.4 is 14.8 Å². The average molecular weight is 574 g/mol. The summed E-state index contributed by atoms with van der Waals surface area (Å²) >= 11 is 6.80. The van der Waals surface area contributed by atoms with E-state index in [1.807, 2.05) is 19.1 Å². The van der Waals surface area contributed by atoms with Crippen LogP contribution in [-0.4, -0.2) is 12.5 Å². The van der Waals surface area contributed by atoms with Crippen LogP contribution in [0.25, 0.3) is 6.08 Å². The van der Waals surface area contributed by atoms with Gasteiger partial charge in [0.1, 0.15) is 24.1 Å². The number of anilines is 1. The van der Waals surface area contributed by atoms with E-state index in [0.717, 1.165) is 4.47 Å². The first-order valence-electron chi connectivity index (χ1n) is 9.92. The van der Waals surface area contributed by atoms with Gasteiger partial charge < -0.3 is 14.8 Å². The number of nitrogens with zero attached hydrogens (tertiary/aromatic N) is 1. The van der Waals surface area contributed by atoms with E-state index in [4.69, 9.17) is 9.47 Å². The fraction of sp³-hybridized carbons (Fsp3) is 0.120. The third kappa shape index (κ3) is 6.67. The van der Waals surface area contributed by atoms with Gasteiger partial charge in [-0.1, -0.05) is 40.2 Å². The highest BCUT2D eigenvalue weighted by atomic mass is 79.9. The van der Waals surface area contributed by atoms with Crippen molar-refractivity contribution >= 4 is 49.5 Å². The van der Waals surface area contributed by atoms with E-state index in [2.05, 4.69) is 37.2 Å². The fourth-order valence-electron chi connectivity index (χ4n) is 2.92. The lowest BCUT2D eigenvalue weighted by molar-refractivity contribution is -0.112. The van der Waals surface area contributed by atoms with Crippen molar-refractivity contribution in [3.05, 3.63) is 92.1 Å². The van der Waals surface area contributed by atoms with Gasteiger partial charge in [0, 0.05) is 15.7 Å². The summed E-state index contributed by atoms with van der Waals surface area (Å²) in [5.41, 5.74) is 1.45. The van der Waals surface area contributed by atoms with Crippen molar-refractivity contribution in [3.8, 4) is 17.6 Å². The number of rotatable bonds is 8. The first-order chi connectivity index (χ1) is 15.9. The van der Waals surface area contributed by atoms with Crippen molar-refractivity contribution in [2.75, 3.05) is 11.9 Å². The summed E-state index contributed by atoms with van der Waals surface area (Å²) in [6, 6.07) is 18.7. The maximum absolute atomic E-state index is 13.9. The summed E-state index contributed by atoms with van der Waals surface area (Å²) < 4.78 is 26.8. The molecule has 3 rings (SSSR count). The van der Waals surface area contributed by atoms with Crippen molar-refractivity contribution in [2.24, 2.45) is 0 Å². The number of carbonyl (C=O) groups is 1. The second kappa shape index (κ2) is 11.6. The van der Waals surface area contributed by atoms with Crippen LogP contribution in [0.5, 0.6) is 11.5 Å². The quantitative estimate of drug-likeness (QED) is 0.236. The molecule has 0 radical (unpaired) electrons. The molecule has 0 saturated heterocycles.